The Labute approximate surface area is 99.7 Å². The molecule has 0 aliphatic carbocycles. The third-order valence-corrected chi connectivity index (χ3v) is 2.43. The fraction of sp³-hybridized carbons (Fsp3) is 0.0769. The van der Waals surface area contributed by atoms with Crippen molar-refractivity contribution in [3.05, 3.63) is 47.7 Å². The lowest BCUT2D eigenvalue weighted by Crippen LogP contribution is -1.97. The maximum absolute atomic E-state index is 8.69. The van der Waals surface area contributed by atoms with Gasteiger partial charge in [0.25, 0.3) is 0 Å². The number of aromatic nitrogens is 1. The summed E-state index contributed by atoms with van der Waals surface area (Å²) in [6.07, 6.45) is 1.72. The third-order valence-electron chi connectivity index (χ3n) is 2.43. The van der Waals surface area contributed by atoms with Crippen LogP contribution >= 0.6 is 0 Å². The van der Waals surface area contributed by atoms with Crippen LogP contribution in [-0.4, -0.2) is 4.98 Å². The number of benzene rings is 1. The quantitative estimate of drug-likeness (QED) is 0.822. The molecule has 1 heterocycles. The maximum atomic E-state index is 8.69. The van der Waals surface area contributed by atoms with Crippen LogP contribution < -0.4 is 11.1 Å². The van der Waals surface area contributed by atoms with Gasteiger partial charge in [0, 0.05) is 23.6 Å². The number of nitrogen functional groups attached to an aromatic ring is 1. The zero-order chi connectivity index (χ0) is 12.3. The van der Waals surface area contributed by atoms with Gasteiger partial charge in [0.15, 0.2) is 0 Å². The molecule has 0 radical (unpaired) electrons. The van der Waals surface area contributed by atoms with Crippen molar-refractivity contribution in [3.8, 4) is 6.07 Å². The van der Waals surface area contributed by atoms with Gasteiger partial charge in [-0.1, -0.05) is 0 Å². The van der Waals surface area contributed by atoms with E-state index in [4.69, 9.17) is 11.0 Å². The van der Waals surface area contributed by atoms with Crippen molar-refractivity contribution in [1.29, 1.82) is 5.26 Å². The van der Waals surface area contributed by atoms with Crippen LogP contribution in [0.1, 0.15) is 11.1 Å². The molecule has 1 aromatic carbocycles. The number of aryl methyl sites for hydroxylation is 1. The largest absolute Gasteiger partial charge is 0.398 e. The summed E-state index contributed by atoms with van der Waals surface area (Å²) in [5.41, 5.74) is 8.96. The highest BCUT2D eigenvalue weighted by Gasteiger charge is 1.99. The minimum atomic E-state index is 0.631. The van der Waals surface area contributed by atoms with Crippen molar-refractivity contribution in [2.45, 2.75) is 6.92 Å². The number of nitriles is 1. The maximum Gasteiger partial charge on any atom is 0.132 e. The van der Waals surface area contributed by atoms with Crippen molar-refractivity contribution in [1.82, 2.24) is 4.98 Å². The van der Waals surface area contributed by atoms with Crippen molar-refractivity contribution in [3.63, 3.8) is 0 Å². The lowest BCUT2D eigenvalue weighted by Gasteiger charge is -2.07. The van der Waals surface area contributed by atoms with Gasteiger partial charge in [0.1, 0.15) is 5.82 Å². The Morgan fingerprint density at radius 3 is 2.59 bits per heavy atom. The molecule has 2 rings (SSSR count). The summed E-state index contributed by atoms with van der Waals surface area (Å²) in [6, 6.07) is 11.0. The van der Waals surface area contributed by atoms with E-state index in [1.54, 1.807) is 24.4 Å². The fourth-order valence-electron chi connectivity index (χ4n) is 1.38. The standard InChI is InChI=1S/C13H12N4/c1-9-8-16-13(6-12(9)15)17-11-4-2-10(7-14)3-5-11/h2-6,8H,1H3,(H3,15,16,17). The molecule has 17 heavy (non-hydrogen) atoms. The lowest BCUT2D eigenvalue weighted by molar-refractivity contribution is 1.26. The summed E-state index contributed by atoms with van der Waals surface area (Å²) in [5, 5.41) is 11.8. The normalized spacial score (nSPS) is 9.65. The van der Waals surface area contributed by atoms with Gasteiger partial charge >= 0.3 is 0 Å². The zero-order valence-corrected chi connectivity index (χ0v) is 9.44. The molecule has 0 aliphatic rings. The molecule has 0 bridgehead atoms. The summed E-state index contributed by atoms with van der Waals surface area (Å²) < 4.78 is 0. The van der Waals surface area contributed by atoms with Gasteiger partial charge in [0.05, 0.1) is 11.6 Å². The van der Waals surface area contributed by atoms with E-state index in [0.29, 0.717) is 17.1 Å². The van der Waals surface area contributed by atoms with E-state index in [0.717, 1.165) is 11.3 Å². The minimum Gasteiger partial charge on any atom is -0.398 e. The van der Waals surface area contributed by atoms with E-state index in [1.165, 1.54) is 0 Å². The van der Waals surface area contributed by atoms with Crippen LogP contribution in [0.3, 0.4) is 0 Å². The van der Waals surface area contributed by atoms with Crippen LogP contribution in [0.25, 0.3) is 0 Å². The van der Waals surface area contributed by atoms with Crippen LogP contribution in [0.15, 0.2) is 36.5 Å². The number of hydrogen-bond acceptors (Lipinski definition) is 4. The highest BCUT2D eigenvalue weighted by Crippen LogP contribution is 2.18. The predicted molar refractivity (Wildman–Crippen MR) is 67.8 cm³/mol. The summed E-state index contributed by atoms with van der Waals surface area (Å²) in [6.45, 7) is 1.91. The molecule has 2 aromatic rings. The van der Waals surface area contributed by atoms with Crippen molar-refractivity contribution in [2.75, 3.05) is 11.1 Å². The van der Waals surface area contributed by atoms with Crippen LogP contribution in [0.4, 0.5) is 17.2 Å². The molecular weight excluding hydrogens is 212 g/mol. The van der Waals surface area contributed by atoms with Crippen molar-refractivity contribution >= 4 is 17.2 Å². The van der Waals surface area contributed by atoms with Gasteiger partial charge in [-0.15, -0.1) is 0 Å². The predicted octanol–water partition coefficient (Wildman–Crippen LogP) is 2.59. The van der Waals surface area contributed by atoms with Crippen LogP contribution in [0.5, 0.6) is 0 Å². The van der Waals surface area contributed by atoms with Crippen LogP contribution in [-0.2, 0) is 0 Å². The number of rotatable bonds is 2. The number of pyridine rings is 1. The number of anilines is 3. The molecule has 3 N–H and O–H groups in total. The summed E-state index contributed by atoms with van der Waals surface area (Å²) in [7, 11) is 0. The molecular formula is C13H12N4. The van der Waals surface area contributed by atoms with Gasteiger partial charge in [-0.3, -0.25) is 0 Å². The molecule has 4 nitrogen and oxygen atoms in total. The molecule has 0 fully saturated rings. The zero-order valence-electron chi connectivity index (χ0n) is 9.44. The van der Waals surface area contributed by atoms with E-state index in [2.05, 4.69) is 16.4 Å². The van der Waals surface area contributed by atoms with Gasteiger partial charge in [-0.2, -0.15) is 5.26 Å². The SMILES string of the molecule is Cc1cnc(Nc2ccc(C#N)cc2)cc1N. The van der Waals surface area contributed by atoms with E-state index < -0.39 is 0 Å². The molecule has 1 aromatic heterocycles. The number of hydrogen-bond donors (Lipinski definition) is 2. The minimum absolute atomic E-state index is 0.631. The summed E-state index contributed by atoms with van der Waals surface area (Å²) in [5.74, 6) is 0.692. The Morgan fingerprint density at radius 2 is 2.00 bits per heavy atom. The molecule has 0 aliphatic heterocycles. The molecule has 84 valence electrons. The Hall–Kier alpha value is -2.54. The molecule has 0 unspecified atom stereocenters. The van der Waals surface area contributed by atoms with Gasteiger partial charge < -0.3 is 11.1 Å². The van der Waals surface area contributed by atoms with Gasteiger partial charge in [-0.25, -0.2) is 4.98 Å². The van der Waals surface area contributed by atoms with Crippen LogP contribution in [0, 0.1) is 18.3 Å². The highest BCUT2D eigenvalue weighted by molar-refractivity contribution is 5.61. The molecule has 4 heteroatoms. The number of nitrogens with two attached hydrogens (primary N) is 1. The summed E-state index contributed by atoms with van der Waals surface area (Å²) >= 11 is 0. The molecule has 0 saturated carbocycles. The van der Waals surface area contributed by atoms with E-state index in [-0.39, 0.29) is 0 Å². The second-order valence-corrected chi connectivity index (χ2v) is 3.74. The topological polar surface area (TPSA) is 74.7 Å². The van der Waals surface area contributed by atoms with E-state index in [1.807, 2.05) is 19.1 Å². The Bertz CT molecular complexity index is 567. The Balaban J connectivity index is 2.20. The molecule has 0 atom stereocenters. The van der Waals surface area contributed by atoms with E-state index >= 15 is 0 Å². The second kappa shape index (κ2) is 4.54. The number of nitrogens with zero attached hydrogens (tertiary/aromatic N) is 2. The smallest absolute Gasteiger partial charge is 0.132 e. The first-order valence-electron chi connectivity index (χ1n) is 5.18. The Morgan fingerprint density at radius 1 is 1.29 bits per heavy atom. The average molecular weight is 224 g/mol. The monoisotopic (exact) mass is 224 g/mol. The third kappa shape index (κ3) is 2.52. The Kier molecular flexibility index (Phi) is 2.93. The first-order valence-corrected chi connectivity index (χ1v) is 5.18. The number of nitrogens with one attached hydrogen (secondary N) is 1. The molecule has 0 amide bonds. The second-order valence-electron chi connectivity index (χ2n) is 3.74. The average Bonchev–Trinajstić information content (AvgIpc) is 2.35. The van der Waals surface area contributed by atoms with Gasteiger partial charge in [-0.05, 0) is 36.8 Å². The fourth-order valence-corrected chi connectivity index (χ4v) is 1.38. The molecule has 0 spiro atoms. The van der Waals surface area contributed by atoms with Crippen LogP contribution in [0.2, 0.25) is 0 Å². The van der Waals surface area contributed by atoms with Gasteiger partial charge in [0.2, 0.25) is 0 Å². The molecule has 0 saturated heterocycles. The van der Waals surface area contributed by atoms with E-state index in [9.17, 15) is 0 Å². The first kappa shape index (κ1) is 11.0. The van der Waals surface area contributed by atoms with Crippen molar-refractivity contribution < 1.29 is 0 Å². The first-order chi connectivity index (χ1) is 8.19. The van der Waals surface area contributed by atoms with Crippen molar-refractivity contribution in [2.24, 2.45) is 0 Å². The lowest BCUT2D eigenvalue weighted by atomic mass is 10.2. The highest BCUT2D eigenvalue weighted by atomic mass is 15.0. The summed E-state index contributed by atoms with van der Waals surface area (Å²) in [4.78, 5) is 4.22.